The highest BCUT2D eigenvalue weighted by Gasteiger charge is 2.21. The van der Waals surface area contributed by atoms with Crippen LogP contribution in [-0.2, 0) is 11.3 Å². The minimum atomic E-state index is -0.440. The van der Waals surface area contributed by atoms with Crippen molar-refractivity contribution in [2.75, 3.05) is 39.3 Å². The van der Waals surface area contributed by atoms with E-state index in [4.69, 9.17) is 0 Å². The van der Waals surface area contributed by atoms with Gasteiger partial charge in [-0.25, -0.2) is 0 Å². The van der Waals surface area contributed by atoms with E-state index in [0.29, 0.717) is 25.2 Å². The Morgan fingerprint density at radius 2 is 1.33 bits per heavy atom. The lowest BCUT2D eigenvalue weighted by Gasteiger charge is -2.26. The lowest BCUT2D eigenvalue weighted by molar-refractivity contribution is -0.128. The van der Waals surface area contributed by atoms with Crippen molar-refractivity contribution < 1.29 is 9.59 Å². The molecule has 1 rings (SSSR count). The standard InChI is InChI=1S/C27H48N4O2/c1-25(2,3)19-28-13-15-31(16-14-29-20-26(4,5)6)23(32)22-12-10-11-21(17-22)18-30-24(33)27(7,8)9/h10-12,17,28-29H,13-16,18-20H2,1-9H3,(H,30,33). The Kier molecular flexibility index (Phi) is 11.0. The van der Waals surface area contributed by atoms with Crippen molar-refractivity contribution in [2.45, 2.75) is 68.9 Å². The number of hydrogen-bond donors (Lipinski definition) is 3. The molecule has 1 aromatic carbocycles. The maximum atomic E-state index is 13.4. The van der Waals surface area contributed by atoms with Crippen LogP contribution in [0, 0.1) is 16.2 Å². The third-order valence-corrected chi connectivity index (χ3v) is 5.02. The van der Waals surface area contributed by atoms with Gasteiger partial charge in [-0.3, -0.25) is 9.59 Å². The first-order valence-electron chi connectivity index (χ1n) is 12.2. The second-order valence-corrected chi connectivity index (χ2v) is 12.4. The van der Waals surface area contributed by atoms with Crippen LogP contribution >= 0.6 is 0 Å². The van der Waals surface area contributed by atoms with Gasteiger partial charge in [-0.2, -0.15) is 0 Å². The van der Waals surface area contributed by atoms with Gasteiger partial charge in [0.05, 0.1) is 0 Å². The van der Waals surface area contributed by atoms with E-state index in [9.17, 15) is 9.59 Å². The second-order valence-electron chi connectivity index (χ2n) is 12.4. The molecule has 0 atom stereocenters. The van der Waals surface area contributed by atoms with Gasteiger partial charge in [0, 0.05) is 56.8 Å². The van der Waals surface area contributed by atoms with Crippen LogP contribution in [0.15, 0.2) is 24.3 Å². The van der Waals surface area contributed by atoms with Crippen LogP contribution in [0.4, 0.5) is 0 Å². The molecule has 0 aromatic heterocycles. The van der Waals surface area contributed by atoms with E-state index in [0.717, 1.165) is 31.7 Å². The highest BCUT2D eigenvalue weighted by Crippen LogP contribution is 2.14. The molecule has 2 amide bonds. The van der Waals surface area contributed by atoms with E-state index in [-0.39, 0.29) is 22.6 Å². The van der Waals surface area contributed by atoms with Crippen molar-refractivity contribution in [3.05, 3.63) is 35.4 Å². The minimum absolute atomic E-state index is 0.00398. The maximum Gasteiger partial charge on any atom is 0.253 e. The van der Waals surface area contributed by atoms with E-state index in [1.165, 1.54) is 0 Å². The fourth-order valence-corrected chi connectivity index (χ4v) is 3.11. The average Bonchev–Trinajstić information content (AvgIpc) is 2.68. The SMILES string of the molecule is CC(C)(C)CNCCN(CCNCC(C)(C)C)C(=O)c1cccc(CNC(=O)C(C)(C)C)c1. The van der Waals surface area contributed by atoms with Crippen molar-refractivity contribution in [1.82, 2.24) is 20.9 Å². The molecule has 0 spiro atoms. The third kappa shape index (κ3) is 12.8. The summed E-state index contributed by atoms with van der Waals surface area (Å²) in [6.07, 6.45) is 0. The molecule has 0 aliphatic heterocycles. The summed E-state index contributed by atoms with van der Waals surface area (Å²) < 4.78 is 0. The smallest absolute Gasteiger partial charge is 0.253 e. The van der Waals surface area contributed by atoms with Crippen molar-refractivity contribution in [3.63, 3.8) is 0 Å². The van der Waals surface area contributed by atoms with Crippen molar-refractivity contribution in [3.8, 4) is 0 Å². The van der Waals surface area contributed by atoms with Crippen molar-refractivity contribution >= 4 is 11.8 Å². The number of benzene rings is 1. The van der Waals surface area contributed by atoms with Gasteiger partial charge in [0.25, 0.3) is 5.91 Å². The molecule has 0 bridgehead atoms. The Morgan fingerprint density at radius 1 is 0.818 bits per heavy atom. The number of hydrogen-bond acceptors (Lipinski definition) is 4. The molecular weight excluding hydrogens is 412 g/mol. The third-order valence-electron chi connectivity index (χ3n) is 5.02. The van der Waals surface area contributed by atoms with Crippen LogP contribution < -0.4 is 16.0 Å². The van der Waals surface area contributed by atoms with Crippen LogP contribution in [0.1, 0.15) is 78.2 Å². The van der Waals surface area contributed by atoms with Crippen molar-refractivity contribution in [1.29, 1.82) is 0 Å². The summed E-state index contributed by atoms with van der Waals surface area (Å²) in [7, 11) is 0. The van der Waals surface area contributed by atoms with Gasteiger partial charge >= 0.3 is 0 Å². The topological polar surface area (TPSA) is 73.5 Å². The average molecular weight is 461 g/mol. The van der Waals surface area contributed by atoms with Gasteiger partial charge in [-0.05, 0) is 28.5 Å². The van der Waals surface area contributed by atoms with Crippen LogP contribution in [-0.4, -0.2) is 56.0 Å². The van der Waals surface area contributed by atoms with Crippen LogP contribution in [0.2, 0.25) is 0 Å². The van der Waals surface area contributed by atoms with Gasteiger partial charge in [0.2, 0.25) is 5.91 Å². The normalized spacial score (nSPS) is 12.5. The molecule has 0 radical (unpaired) electrons. The maximum absolute atomic E-state index is 13.4. The van der Waals surface area contributed by atoms with E-state index in [1.54, 1.807) is 0 Å². The number of amides is 2. The molecule has 1 aromatic rings. The Morgan fingerprint density at radius 3 is 1.79 bits per heavy atom. The molecule has 0 aliphatic carbocycles. The highest BCUT2D eigenvalue weighted by molar-refractivity contribution is 5.94. The van der Waals surface area contributed by atoms with Crippen LogP contribution in [0.25, 0.3) is 0 Å². The number of nitrogens with zero attached hydrogens (tertiary/aromatic N) is 1. The molecule has 188 valence electrons. The van der Waals surface area contributed by atoms with E-state index < -0.39 is 5.41 Å². The van der Waals surface area contributed by atoms with E-state index >= 15 is 0 Å². The molecular formula is C27H48N4O2. The predicted octanol–water partition coefficient (Wildman–Crippen LogP) is 4.06. The Balaban J connectivity index is 2.81. The molecule has 33 heavy (non-hydrogen) atoms. The fourth-order valence-electron chi connectivity index (χ4n) is 3.11. The largest absolute Gasteiger partial charge is 0.352 e. The number of carbonyl (C=O) groups excluding carboxylic acids is 2. The summed E-state index contributed by atoms with van der Waals surface area (Å²) in [5, 5.41) is 9.91. The highest BCUT2D eigenvalue weighted by atomic mass is 16.2. The molecule has 6 heteroatoms. The zero-order valence-corrected chi connectivity index (χ0v) is 22.5. The van der Waals surface area contributed by atoms with Gasteiger partial charge in [0.15, 0.2) is 0 Å². The molecule has 0 saturated carbocycles. The first kappa shape index (κ1) is 29.1. The Hall–Kier alpha value is -1.92. The first-order valence-corrected chi connectivity index (χ1v) is 12.2. The number of nitrogens with one attached hydrogen (secondary N) is 3. The molecule has 6 nitrogen and oxygen atoms in total. The number of rotatable bonds is 11. The molecule has 0 fully saturated rings. The molecule has 0 aliphatic rings. The summed E-state index contributed by atoms with van der Waals surface area (Å²) in [4.78, 5) is 27.5. The van der Waals surface area contributed by atoms with E-state index in [1.807, 2.05) is 49.9 Å². The second kappa shape index (κ2) is 12.5. The summed E-state index contributed by atoms with van der Waals surface area (Å²) >= 11 is 0. The van der Waals surface area contributed by atoms with E-state index in [2.05, 4.69) is 57.5 Å². The summed E-state index contributed by atoms with van der Waals surface area (Å²) in [5.74, 6) is 0.0183. The molecule has 3 N–H and O–H groups in total. The Bertz CT molecular complexity index is 733. The minimum Gasteiger partial charge on any atom is -0.352 e. The fraction of sp³-hybridized carbons (Fsp3) is 0.704. The van der Waals surface area contributed by atoms with Gasteiger partial charge in [-0.1, -0.05) is 74.4 Å². The van der Waals surface area contributed by atoms with Crippen LogP contribution in [0.3, 0.4) is 0 Å². The monoisotopic (exact) mass is 460 g/mol. The number of carbonyl (C=O) groups is 2. The summed E-state index contributed by atoms with van der Waals surface area (Å²) in [6.45, 7) is 23.9. The lowest BCUT2D eigenvalue weighted by Crippen LogP contribution is -2.43. The summed E-state index contributed by atoms with van der Waals surface area (Å²) in [5.41, 5.74) is 1.55. The predicted molar refractivity (Wildman–Crippen MR) is 138 cm³/mol. The molecule has 0 unspecified atom stereocenters. The van der Waals surface area contributed by atoms with Gasteiger partial charge in [-0.15, -0.1) is 0 Å². The lowest BCUT2D eigenvalue weighted by atomic mass is 9.95. The summed E-state index contributed by atoms with van der Waals surface area (Å²) in [6, 6.07) is 7.58. The first-order chi connectivity index (χ1) is 15.1. The molecule has 0 heterocycles. The van der Waals surface area contributed by atoms with Gasteiger partial charge in [0.1, 0.15) is 0 Å². The van der Waals surface area contributed by atoms with Gasteiger partial charge < -0.3 is 20.9 Å². The Labute approximate surface area is 202 Å². The molecule has 0 saturated heterocycles. The van der Waals surface area contributed by atoms with Crippen LogP contribution in [0.5, 0.6) is 0 Å². The zero-order chi connectivity index (χ0) is 25.3. The quantitative estimate of drug-likeness (QED) is 0.435. The van der Waals surface area contributed by atoms with Crippen molar-refractivity contribution in [2.24, 2.45) is 16.2 Å². The zero-order valence-electron chi connectivity index (χ0n) is 22.5.